The molecule has 1 aromatic rings. The van der Waals surface area contributed by atoms with Crippen LogP contribution in [0.4, 0.5) is 0 Å². The Kier molecular flexibility index (Phi) is 0.935. The summed E-state index contributed by atoms with van der Waals surface area (Å²) in [7, 11) is 0. The van der Waals surface area contributed by atoms with E-state index in [9.17, 15) is 0 Å². The number of H-pyrrole nitrogens is 1. The molecule has 1 aliphatic rings. The van der Waals surface area contributed by atoms with Crippen molar-refractivity contribution in [2.24, 2.45) is 0 Å². The van der Waals surface area contributed by atoms with Gasteiger partial charge in [-0.05, 0) is 25.0 Å². The van der Waals surface area contributed by atoms with E-state index in [4.69, 9.17) is 6.42 Å². The summed E-state index contributed by atoms with van der Waals surface area (Å²) in [6, 6.07) is 4.06. The molecule has 0 spiro atoms. The monoisotopic (exact) mass is 131 g/mol. The Morgan fingerprint density at radius 3 is 2.80 bits per heavy atom. The first-order chi connectivity index (χ1) is 4.87. The molecule has 0 amide bonds. The van der Waals surface area contributed by atoms with Gasteiger partial charge in [0.2, 0.25) is 0 Å². The molecule has 50 valence electrons. The number of aromatic amines is 1. The lowest BCUT2D eigenvalue weighted by Gasteiger charge is -2.01. The van der Waals surface area contributed by atoms with Crippen LogP contribution in [0, 0.1) is 12.3 Å². The molecular weight excluding hydrogens is 122 g/mol. The SMILES string of the molecule is C#CC1(c2ccc[nH]2)CC1. The topological polar surface area (TPSA) is 15.8 Å². The van der Waals surface area contributed by atoms with E-state index in [-0.39, 0.29) is 5.41 Å². The minimum Gasteiger partial charge on any atom is -0.364 e. The van der Waals surface area contributed by atoms with Crippen LogP contribution in [0.1, 0.15) is 18.5 Å². The average Bonchev–Trinajstić information content (AvgIpc) is 2.58. The van der Waals surface area contributed by atoms with Crippen LogP contribution in [0.2, 0.25) is 0 Å². The summed E-state index contributed by atoms with van der Waals surface area (Å²) in [5, 5.41) is 0. The first kappa shape index (κ1) is 5.61. The third-order valence-corrected chi connectivity index (χ3v) is 2.14. The molecule has 1 N–H and O–H groups in total. The number of terminal acetylenes is 1. The lowest BCUT2D eigenvalue weighted by Crippen LogP contribution is -2.01. The molecule has 0 unspecified atom stereocenters. The maximum absolute atomic E-state index is 5.39. The molecule has 1 fully saturated rings. The van der Waals surface area contributed by atoms with Gasteiger partial charge in [-0.2, -0.15) is 0 Å². The molecule has 1 heterocycles. The van der Waals surface area contributed by atoms with Gasteiger partial charge in [-0.1, -0.05) is 5.92 Å². The van der Waals surface area contributed by atoms with Crippen molar-refractivity contribution in [2.75, 3.05) is 0 Å². The Balaban J connectivity index is 2.38. The summed E-state index contributed by atoms with van der Waals surface area (Å²) in [5.74, 6) is 2.82. The van der Waals surface area contributed by atoms with Crippen molar-refractivity contribution < 1.29 is 0 Å². The fourth-order valence-electron chi connectivity index (χ4n) is 1.24. The average molecular weight is 131 g/mol. The molecule has 0 saturated heterocycles. The van der Waals surface area contributed by atoms with Gasteiger partial charge < -0.3 is 4.98 Å². The van der Waals surface area contributed by atoms with Crippen molar-refractivity contribution in [1.82, 2.24) is 4.98 Å². The summed E-state index contributed by atoms with van der Waals surface area (Å²) in [5.41, 5.74) is 1.29. The highest BCUT2D eigenvalue weighted by Crippen LogP contribution is 2.46. The molecule has 1 saturated carbocycles. The fourth-order valence-corrected chi connectivity index (χ4v) is 1.24. The number of rotatable bonds is 1. The van der Waals surface area contributed by atoms with Crippen LogP contribution in [0.25, 0.3) is 0 Å². The van der Waals surface area contributed by atoms with E-state index >= 15 is 0 Å². The van der Waals surface area contributed by atoms with Gasteiger partial charge in [-0.3, -0.25) is 0 Å². The third-order valence-electron chi connectivity index (χ3n) is 2.14. The van der Waals surface area contributed by atoms with Gasteiger partial charge >= 0.3 is 0 Å². The van der Waals surface area contributed by atoms with Crippen molar-refractivity contribution in [3.05, 3.63) is 24.0 Å². The van der Waals surface area contributed by atoms with Crippen LogP contribution >= 0.6 is 0 Å². The maximum atomic E-state index is 5.39. The van der Waals surface area contributed by atoms with E-state index in [1.54, 1.807) is 0 Å². The van der Waals surface area contributed by atoms with E-state index in [0.717, 1.165) is 12.8 Å². The van der Waals surface area contributed by atoms with E-state index in [0.29, 0.717) is 0 Å². The highest BCUT2D eigenvalue weighted by molar-refractivity contribution is 5.36. The first-order valence-corrected chi connectivity index (χ1v) is 3.49. The Hall–Kier alpha value is -1.16. The molecule has 0 bridgehead atoms. The quantitative estimate of drug-likeness (QED) is 0.558. The predicted octanol–water partition coefficient (Wildman–Crippen LogP) is 1.68. The van der Waals surface area contributed by atoms with E-state index < -0.39 is 0 Å². The van der Waals surface area contributed by atoms with E-state index in [1.807, 2.05) is 12.3 Å². The van der Waals surface area contributed by atoms with Gasteiger partial charge in [0.25, 0.3) is 0 Å². The number of hydrogen-bond donors (Lipinski definition) is 1. The molecule has 0 atom stereocenters. The minimum absolute atomic E-state index is 0.0868. The third kappa shape index (κ3) is 0.593. The lowest BCUT2D eigenvalue weighted by molar-refractivity contribution is 0.885. The molecule has 1 nitrogen and oxygen atoms in total. The minimum atomic E-state index is 0.0868. The van der Waals surface area contributed by atoms with Crippen LogP contribution < -0.4 is 0 Å². The molecule has 1 aromatic heterocycles. The summed E-state index contributed by atoms with van der Waals surface area (Å²) in [4.78, 5) is 3.15. The summed E-state index contributed by atoms with van der Waals surface area (Å²) in [6.07, 6.45) is 9.60. The zero-order valence-electron chi connectivity index (χ0n) is 5.72. The van der Waals surface area contributed by atoms with E-state index in [1.165, 1.54) is 5.69 Å². The molecule has 1 aliphatic carbocycles. The smallest absolute Gasteiger partial charge is 0.0711 e. The second-order valence-electron chi connectivity index (χ2n) is 2.81. The fraction of sp³-hybridized carbons (Fsp3) is 0.333. The molecule has 0 aliphatic heterocycles. The molecule has 10 heavy (non-hydrogen) atoms. The maximum Gasteiger partial charge on any atom is 0.0711 e. The second-order valence-corrected chi connectivity index (χ2v) is 2.81. The van der Waals surface area contributed by atoms with Crippen molar-refractivity contribution in [3.63, 3.8) is 0 Å². The Labute approximate surface area is 60.5 Å². The zero-order valence-corrected chi connectivity index (χ0v) is 5.72. The second kappa shape index (κ2) is 1.67. The Morgan fingerprint density at radius 2 is 2.40 bits per heavy atom. The van der Waals surface area contributed by atoms with Crippen molar-refractivity contribution >= 4 is 0 Å². The van der Waals surface area contributed by atoms with Crippen LogP contribution in [-0.2, 0) is 5.41 Å². The first-order valence-electron chi connectivity index (χ1n) is 3.49. The molecule has 0 radical (unpaired) electrons. The largest absolute Gasteiger partial charge is 0.364 e. The molecule has 1 heteroatoms. The van der Waals surface area contributed by atoms with Crippen LogP contribution in [0.3, 0.4) is 0 Å². The Bertz CT molecular complexity index is 259. The standard InChI is InChI=1S/C9H9N/c1-2-9(5-6-9)8-4-3-7-10-8/h1,3-4,7,10H,5-6H2. The Morgan fingerprint density at radius 1 is 1.60 bits per heavy atom. The van der Waals surface area contributed by atoms with Gasteiger partial charge in [0, 0.05) is 11.9 Å². The summed E-state index contributed by atoms with van der Waals surface area (Å²) >= 11 is 0. The van der Waals surface area contributed by atoms with Crippen LogP contribution in [0.15, 0.2) is 18.3 Å². The number of hydrogen-bond acceptors (Lipinski definition) is 0. The van der Waals surface area contributed by atoms with E-state index in [2.05, 4.69) is 17.0 Å². The van der Waals surface area contributed by atoms with Gasteiger partial charge in [0.15, 0.2) is 0 Å². The van der Waals surface area contributed by atoms with Crippen molar-refractivity contribution in [1.29, 1.82) is 0 Å². The summed E-state index contributed by atoms with van der Waals surface area (Å²) < 4.78 is 0. The van der Waals surface area contributed by atoms with Gasteiger partial charge in [0.05, 0.1) is 5.41 Å². The van der Waals surface area contributed by atoms with Crippen molar-refractivity contribution in [2.45, 2.75) is 18.3 Å². The molecule has 2 rings (SSSR count). The number of nitrogens with one attached hydrogen (secondary N) is 1. The van der Waals surface area contributed by atoms with Crippen LogP contribution in [-0.4, -0.2) is 4.98 Å². The van der Waals surface area contributed by atoms with Crippen molar-refractivity contribution in [3.8, 4) is 12.3 Å². The number of aromatic nitrogens is 1. The highest BCUT2D eigenvalue weighted by Gasteiger charge is 2.43. The van der Waals surface area contributed by atoms with Crippen LogP contribution in [0.5, 0.6) is 0 Å². The predicted molar refractivity (Wildman–Crippen MR) is 40.5 cm³/mol. The highest BCUT2D eigenvalue weighted by atomic mass is 14.7. The lowest BCUT2D eigenvalue weighted by atomic mass is 10.1. The normalized spacial score (nSPS) is 19.9. The van der Waals surface area contributed by atoms with Gasteiger partial charge in [-0.25, -0.2) is 0 Å². The molecule has 0 aromatic carbocycles. The van der Waals surface area contributed by atoms with Gasteiger partial charge in [-0.15, -0.1) is 6.42 Å². The van der Waals surface area contributed by atoms with Gasteiger partial charge in [0.1, 0.15) is 0 Å². The zero-order chi connectivity index (χ0) is 7.03. The summed E-state index contributed by atoms with van der Waals surface area (Å²) in [6.45, 7) is 0. The molecular formula is C9H9N.